The number of alkyl halides is 2. The molecular weight excluding hydrogens is 198 g/mol. The third kappa shape index (κ3) is 1.93. The minimum absolute atomic E-state index is 0.0254. The van der Waals surface area contributed by atoms with Crippen LogP contribution >= 0.6 is 11.6 Å². The molecule has 0 amide bonds. The lowest BCUT2D eigenvalue weighted by Crippen LogP contribution is -1.96. The van der Waals surface area contributed by atoms with Crippen molar-refractivity contribution in [3.8, 4) is 6.07 Å². The van der Waals surface area contributed by atoms with Gasteiger partial charge < -0.3 is 0 Å². The van der Waals surface area contributed by atoms with Crippen LogP contribution in [-0.4, -0.2) is 4.98 Å². The average Bonchev–Trinajstić information content (AvgIpc) is 2.03. The number of rotatable bonds is 1. The molecule has 2 nitrogen and oxygen atoms in total. The quantitative estimate of drug-likeness (QED) is 0.657. The SMILES string of the molecule is Cc1nc(Cl)c(C#N)cc1C(F)F. The van der Waals surface area contributed by atoms with E-state index in [1.54, 1.807) is 6.07 Å². The summed E-state index contributed by atoms with van der Waals surface area (Å²) in [5.41, 5.74) is -0.123. The lowest BCUT2D eigenvalue weighted by atomic mass is 10.1. The summed E-state index contributed by atoms with van der Waals surface area (Å²) in [6.07, 6.45) is -2.63. The van der Waals surface area contributed by atoms with E-state index < -0.39 is 6.43 Å². The standard InChI is InChI=1S/C8H5ClF2N2/c1-4-6(8(10)11)2-5(3-12)7(9)13-4/h2,8H,1H3. The molecule has 0 spiro atoms. The molecule has 0 fully saturated rings. The molecule has 0 saturated heterocycles. The molecule has 0 bridgehead atoms. The van der Waals surface area contributed by atoms with Crippen LogP contribution in [0.2, 0.25) is 5.15 Å². The van der Waals surface area contributed by atoms with E-state index in [4.69, 9.17) is 16.9 Å². The van der Waals surface area contributed by atoms with Crippen molar-refractivity contribution in [3.63, 3.8) is 0 Å². The second-order valence-electron chi connectivity index (χ2n) is 2.41. The van der Waals surface area contributed by atoms with Crippen molar-refractivity contribution in [2.45, 2.75) is 13.3 Å². The van der Waals surface area contributed by atoms with Crippen LogP contribution < -0.4 is 0 Å². The first kappa shape index (κ1) is 9.87. The van der Waals surface area contributed by atoms with E-state index in [0.29, 0.717) is 0 Å². The van der Waals surface area contributed by atoms with Crippen molar-refractivity contribution in [2.24, 2.45) is 0 Å². The molecule has 0 saturated carbocycles. The maximum Gasteiger partial charge on any atom is 0.265 e. The van der Waals surface area contributed by atoms with Gasteiger partial charge in [0.2, 0.25) is 0 Å². The molecule has 13 heavy (non-hydrogen) atoms. The molecule has 0 unspecified atom stereocenters. The zero-order valence-corrected chi connectivity index (χ0v) is 7.44. The number of pyridine rings is 1. The van der Waals surface area contributed by atoms with Gasteiger partial charge in [-0.2, -0.15) is 5.26 Å². The fraction of sp³-hybridized carbons (Fsp3) is 0.250. The number of nitrogens with zero attached hydrogens (tertiary/aromatic N) is 2. The predicted molar refractivity (Wildman–Crippen MR) is 43.7 cm³/mol. The maximum absolute atomic E-state index is 12.3. The van der Waals surface area contributed by atoms with Gasteiger partial charge in [0, 0.05) is 11.3 Å². The normalized spacial score (nSPS) is 10.2. The van der Waals surface area contributed by atoms with E-state index in [1.165, 1.54) is 6.92 Å². The first-order valence-corrected chi connectivity index (χ1v) is 3.79. The minimum Gasteiger partial charge on any atom is -0.240 e. The monoisotopic (exact) mass is 202 g/mol. The Morgan fingerprint density at radius 3 is 2.69 bits per heavy atom. The topological polar surface area (TPSA) is 36.7 Å². The van der Waals surface area contributed by atoms with Gasteiger partial charge in [0.25, 0.3) is 6.43 Å². The van der Waals surface area contributed by atoms with Gasteiger partial charge in [-0.15, -0.1) is 0 Å². The van der Waals surface area contributed by atoms with Gasteiger partial charge in [-0.05, 0) is 13.0 Å². The summed E-state index contributed by atoms with van der Waals surface area (Å²) < 4.78 is 24.6. The molecule has 1 aromatic heterocycles. The highest BCUT2D eigenvalue weighted by atomic mass is 35.5. The van der Waals surface area contributed by atoms with Crippen LogP contribution in [0, 0.1) is 18.3 Å². The van der Waals surface area contributed by atoms with Gasteiger partial charge in [0.15, 0.2) is 0 Å². The molecule has 0 aliphatic rings. The molecule has 1 heterocycles. The molecule has 0 aliphatic heterocycles. The zero-order chi connectivity index (χ0) is 10.0. The molecule has 0 N–H and O–H groups in total. The zero-order valence-electron chi connectivity index (χ0n) is 6.68. The summed E-state index contributed by atoms with van der Waals surface area (Å²) in [6.45, 7) is 1.43. The summed E-state index contributed by atoms with van der Waals surface area (Å²) in [7, 11) is 0. The summed E-state index contributed by atoms with van der Waals surface area (Å²) in [5, 5.41) is 8.46. The predicted octanol–water partition coefficient (Wildman–Crippen LogP) is 2.85. The molecule has 0 atom stereocenters. The minimum atomic E-state index is -2.63. The highest BCUT2D eigenvalue weighted by Crippen LogP contribution is 2.25. The summed E-state index contributed by atoms with van der Waals surface area (Å²) >= 11 is 5.53. The molecule has 0 aromatic carbocycles. The van der Waals surface area contributed by atoms with Crippen LogP contribution in [0.3, 0.4) is 0 Å². The van der Waals surface area contributed by atoms with Crippen LogP contribution in [0.25, 0.3) is 0 Å². The van der Waals surface area contributed by atoms with E-state index in [9.17, 15) is 8.78 Å². The lowest BCUT2D eigenvalue weighted by Gasteiger charge is -2.04. The third-order valence-electron chi connectivity index (χ3n) is 1.56. The van der Waals surface area contributed by atoms with Crippen LogP contribution in [0.5, 0.6) is 0 Å². The number of halogens is 3. The highest BCUT2D eigenvalue weighted by Gasteiger charge is 2.14. The van der Waals surface area contributed by atoms with E-state index in [-0.39, 0.29) is 22.0 Å². The van der Waals surface area contributed by atoms with Crippen LogP contribution in [0.4, 0.5) is 8.78 Å². The Bertz CT molecular complexity index is 371. The van der Waals surface area contributed by atoms with E-state index in [2.05, 4.69) is 4.98 Å². The molecular formula is C8H5ClF2N2. The summed E-state index contributed by atoms with van der Waals surface area (Å²) in [6, 6.07) is 2.75. The molecule has 5 heteroatoms. The summed E-state index contributed by atoms with van der Waals surface area (Å²) in [4.78, 5) is 3.63. The van der Waals surface area contributed by atoms with Crippen LogP contribution in [0.1, 0.15) is 23.2 Å². The Kier molecular flexibility index (Phi) is 2.79. The number of aryl methyl sites for hydroxylation is 1. The van der Waals surface area contributed by atoms with Crippen LogP contribution in [-0.2, 0) is 0 Å². The molecule has 0 aliphatic carbocycles. The number of aromatic nitrogens is 1. The van der Waals surface area contributed by atoms with Gasteiger partial charge in [-0.1, -0.05) is 11.6 Å². The molecule has 1 aromatic rings. The van der Waals surface area contributed by atoms with E-state index in [1.807, 2.05) is 0 Å². The Labute approximate surface area is 78.8 Å². The number of nitriles is 1. The first-order valence-electron chi connectivity index (χ1n) is 3.41. The maximum atomic E-state index is 12.3. The van der Waals surface area contributed by atoms with Crippen molar-refractivity contribution < 1.29 is 8.78 Å². The molecule has 1 rings (SSSR count). The Morgan fingerprint density at radius 1 is 1.62 bits per heavy atom. The lowest BCUT2D eigenvalue weighted by molar-refractivity contribution is 0.150. The smallest absolute Gasteiger partial charge is 0.240 e. The number of hydrogen-bond donors (Lipinski definition) is 0. The van der Waals surface area contributed by atoms with Crippen molar-refractivity contribution in [3.05, 3.63) is 28.0 Å². The Morgan fingerprint density at radius 2 is 2.23 bits per heavy atom. The van der Waals surface area contributed by atoms with Crippen molar-refractivity contribution in [1.29, 1.82) is 5.26 Å². The summed E-state index contributed by atoms with van der Waals surface area (Å²) in [5.74, 6) is 0. The largest absolute Gasteiger partial charge is 0.265 e. The molecule has 68 valence electrons. The molecule has 0 radical (unpaired) electrons. The van der Waals surface area contributed by atoms with Gasteiger partial charge in [-0.3, -0.25) is 0 Å². The Balaban J connectivity index is 3.33. The Hall–Kier alpha value is -1.21. The van der Waals surface area contributed by atoms with Gasteiger partial charge in [-0.25, -0.2) is 13.8 Å². The van der Waals surface area contributed by atoms with E-state index in [0.717, 1.165) is 6.07 Å². The van der Waals surface area contributed by atoms with Gasteiger partial charge in [0.05, 0.1) is 5.56 Å². The number of hydrogen-bond acceptors (Lipinski definition) is 2. The highest BCUT2D eigenvalue weighted by molar-refractivity contribution is 6.30. The third-order valence-corrected chi connectivity index (χ3v) is 1.85. The van der Waals surface area contributed by atoms with Gasteiger partial charge in [0.1, 0.15) is 11.2 Å². The van der Waals surface area contributed by atoms with Crippen LogP contribution in [0.15, 0.2) is 6.07 Å². The van der Waals surface area contributed by atoms with Crippen molar-refractivity contribution in [2.75, 3.05) is 0 Å². The van der Waals surface area contributed by atoms with Crippen molar-refractivity contribution in [1.82, 2.24) is 4.98 Å². The second kappa shape index (κ2) is 3.67. The second-order valence-corrected chi connectivity index (χ2v) is 2.77. The fourth-order valence-corrected chi connectivity index (χ4v) is 1.11. The fourth-order valence-electron chi connectivity index (χ4n) is 0.891. The van der Waals surface area contributed by atoms with Crippen molar-refractivity contribution >= 4 is 11.6 Å². The first-order chi connectivity index (χ1) is 6.06. The van der Waals surface area contributed by atoms with Gasteiger partial charge >= 0.3 is 0 Å². The van der Waals surface area contributed by atoms with E-state index >= 15 is 0 Å². The average molecular weight is 203 g/mol.